The van der Waals surface area contributed by atoms with E-state index in [-0.39, 0.29) is 0 Å². The summed E-state index contributed by atoms with van der Waals surface area (Å²) in [5, 5.41) is 10.2. The zero-order chi connectivity index (χ0) is 9.35. The highest BCUT2D eigenvalue weighted by atomic mass is 16.6. The number of nitrogens with one attached hydrogen (secondary N) is 1. The highest BCUT2D eigenvalue weighted by Crippen LogP contribution is 2.20. The average Bonchev–Trinajstić information content (AvgIpc) is 2.04. The quantitative estimate of drug-likeness (QED) is 0.586. The molecule has 6 nitrogen and oxygen atoms in total. The molecule has 0 unspecified atom stereocenters. The zero-order valence-corrected chi connectivity index (χ0v) is 6.29. The highest BCUT2D eigenvalue weighted by molar-refractivity contribution is 6.04. The molecule has 0 aromatic heterocycles. The van der Waals surface area contributed by atoms with Crippen LogP contribution in [0.3, 0.4) is 0 Å². The molecule has 0 radical (unpaired) electrons. The summed E-state index contributed by atoms with van der Waals surface area (Å²) in [5.41, 5.74) is -1.55. The Hall–Kier alpha value is -1.59. The summed E-state index contributed by atoms with van der Waals surface area (Å²) < 4.78 is 4.49. The molecule has 1 saturated heterocycles. The van der Waals surface area contributed by atoms with Crippen LogP contribution in [0.1, 0.15) is 13.3 Å². The van der Waals surface area contributed by atoms with Crippen molar-refractivity contribution < 1.29 is 24.2 Å². The summed E-state index contributed by atoms with van der Waals surface area (Å²) >= 11 is 0. The minimum atomic E-state index is -1.55. The van der Waals surface area contributed by atoms with E-state index in [0.29, 0.717) is 0 Å². The summed E-state index contributed by atoms with van der Waals surface area (Å²) in [4.78, 5) is 31.7. The molecule has 6 heteroatoms. The van der Waals surface area contributed by atoms with Gasteiger partial charge in [-0.15, -0.1) is 0 Å². The Morgan fingerprint density at radius 2 is 2.25 bits per heavy atom. The van der Waals surface area contributed by atoms with Crippen LogP contribution < -0.4 is 5.32 Å². The van der Waals surface area contributed by atoms with Gasteiger partial charge in [-0.25, -0.2) is 4.79 Å². The second kappa shape index (κ2) is 2.47. The molecule has 0 aliphatic carbocycles. The Kier molecular flexibility index (Phi) is 1.75. The second-order valence-electron chi connectivity index (χ2n) is 2.65. The fraction of sp³-hybridized carbons (Fsp3) is 0.500. The number of aliphatic carboxylic acids is 1. The van der Waals surface area contributed by atoms with Crippen LogP contribution in [-0.4, -0.2) is 28.7 Å². The number of hydrogen-bond acceptors (Lipinski definition) is 4. The van der Waals surface area contributed by atoms with Crippen LogP contribution >= 0.6 is 0 Å². The van der Waals surface area contributed by atoms with Crippen LogP contribution in [0.25, 0.3) is 0 Å². The van der Waals surface area contributed by atoms with Crippen molar-refractivity contribution in [3.05, 3.63) is 0 Å². The van der Waals surface area contributed by atoms with Crippen molar-refractivity contribution in [3.8, 4) is 0 Å². The summed E-state index contributed by atoms with van der Waals surface area (Å²) in [7, 11) is 0. The van der Waals surface area contributed by atoms with Gasteiger partial charge in [0.15, 0.2) is 5.60 Å². The number of amides is 2. The topological polar surface area (TPSA) is 92.7 Å². The molecule has 1 heterocycles. The van der Waals surface area contributed by atoms with Crippen molar-refractivity contribution in [2.75, 3.05) is 0 Å². The van der Waals surface area contributed by atoms with Crippen LogP contribution in [0.5, 0.6) is 0 Å². The lowest BCUT2D eigenvalue weighted by Gasteiger charge is -2.15. The average molecular weight is 173 g/mol. The molecule has 0 bridgehead atoms. The molecule has 2 amide bonds. The maximum atomic E-state index is 10.9. The third-order valence-corrected chi connectivity index (χ3v) is 1.50. The molecule has 12 heavy (non-hydrogen) atoms. The van der Waals surface area contributed by atoms with Crippen molar-refractivity contribution in [3.63, 3.8) is 0 Å². The Morgan fingerprint density at radius 3 is 2.58 bits per heavy atom. The van der Waals surface area contributed by atoms with Gasteiger partial charge in [-0.3, -0.25) is 14.9 Å². The van der Waals surface area contributed by atoms with Crippen molar-refractivity contribution >= 4 is 18.0 Å². The van der Waals surface area contributed by atoms with Crippen molar-refractivity contribution in [2.45, 2.75) is 18.9 Å². The van der Waals surface area contributed by atoms with Crippen LogP contribution in [0, 0.1) is 0 Å². The van der Waals surface area contributed by atoms with E-state index >= 15 is 0 Å². The van der Waals surface area contributed by atoms with Gasteiger partial charge < -0.3 is 9.84 Å². The number of imide groups is 1. The summed E-state index contributed by atoms with van der Waals surface area (Å²) in [6.07, 6.45) is -1.42. The van der Waals surface area contributed by atoms with E-state index in [1.807, 2.05) is 5.32 Å². The Balaban J connectivity index is 2.77. The van der Waals surface area contributed by atoms with Crippen molar-refractivity contribution in [2.24, 2.45) is 0 Å². The number of carbonyl (C=O) groups excluding carboxylic acids is 2. The van der Waals surface area contributed by atoms with E-state index in [2.05, 4.69) is 4.74 Å². The molecule has 66 valence electrons. The number of carboxylic acids is 1. The monoisotopic (exact) mass is 173 g/mol. The number of hydrogen-bond donors (Lipinski definition) is 2. The lowest BCUT2D eigenvalue weighted by atomic mass is 10.0. The molecule has 2 N–H and O–H groups in total. The SMILES string of the molecule is C[C@]1(CC(=O)O)OC(=O)NC1=O. The Bertz CT molecular complexity index is 261. The first-order chi connectivity index (χ1) is 5.44. The molecule has 0 aromatic carbocycles. The maximum absolute atomic E-state index is 10.9. The van der Waals surface area contributed by atoms with Gasteiger partial charge in [0, 0.05) is 0 Å². The molecule has 1 aliphatic heterocycles. The van der Waals surface area contributed by atoms with E-state index in [1.165, 1.54) is 6.92 Å². The predicted molar refractivity (Wildman–Crippen MR) is 35.3 cm³/mol. The van der Waals surface area contributed by atoms with Gasteiger partial charge in [-0.1, -0.05) is 0 Å². The Labute approximate surface area is 67.5 Å². The van der Waals surface area contributed by atoms with Crippen LogP contribution in [0.15, 0.2) is 0 Å². The van der Waals surface area contributed by atoms with Gasteiger partial charge in [0.05, 0.1) is 6.42 Å². The summed E-state index contributed by atoms with van der Waals surface area (Å²) in [6.45, 7) is 1.25. The van der Waals surface area contributed by atoms with Gasteiger partial charge in [0.1, 0.15) is 0 Å². The fourth-order valence-corrected chi connectivity index (χ4v) is 0.906. The third kappa shape index (κ3) is 1.36. The molecular formula is C6H7NO5. The van der Waals surface area contributed by atoms with Gasteiger partial charge in [-0.2, -0.15) is 0 Å². The van der Waals surface area contributed by atoms with E-state index < -0.39 is 30.0 Å². The largest absolute Gasteiger partial charge is 0.481 e. The number of carbonyl (C=O) groups is 3. The van der Waals surface area contributed by atoms with E-state index in [4.69, 9.17) is 5.11 Å². The van der Waals surface area contributed by atoms with Gasteiger partial charge in [-0.05, 0) is 6.92 Å². The first-order valence-electron chi connectivity index (χ1n) is 3.20. The minimum absolute atomic E-state index is 0.523. The van der Waals surface area contributed by atoms with Gasteiger partial charge in [0.2, 0.25) is 0 Å². The zero-order valence-electron chi connectivity index (χ0n) is 6.29. The lowest BCUT2D eigenvalue weighted by molar-refractivity contribution is -0.146. The molecule has 1 aliphatic rings. The summed E-state index contributed by atoms with van der Waals surface area (Å²) in [5.74, 6) is -1.91. The van der Waals surface area contributed by atoms with Gasteiger partial charge in [0.25, 0.3) is 5.91 Å². The Morgan fingerprint density at radius 1 is 1.67 bits per heavy atom. The maximum Gasteiger partial charge on any atom is 0.415 e. The number of ether oxygens (including phenoxy) is 1. The molecule has 0 saturated carbocycles. The van der Waals surface area contributed by atoms with E-state index in [9.17, 15) is 14.4 Å². The molecular weight excluding hydrogens is 166 g/mol. The van der Waals surface area contributed by atoms with Crippen molar-refractivity contribution in [1.82, 2.24) is 5.32 Å². The van der Waals surface area contributed by atoms with Crippen LogP contribution in [0.4, 0.5) is 4.79 Å². The van der Waals surface area contributed by atoms with Crippen molar-refractivity contribution in [1.29, 1.82) is 0 Å². The second-order valence-corrected chi connectivity index (χ2v) is 2.65. The third-order valence-electron chi connectivity index (χ3n) is 1.50. The highest BCUT2D eigenvalue weighted by Gasteiger charge is 2.46. The first-order valence-corrected chi connectivity index (χ1v) is 3.20. The molecule has 0 aromatic rings. The predicted octanol–water partition coefficient (Wildman–Crippen LogP) is -0.514. The first kappa shape index (κ1) is 8.51. The number of rotatable bonds is 2. The molecule has 0 spiro atoms. The number of carboxylic acid groups (broad SMARTS) is 1. The molecule has 1 rings (SSSR count). The molecule has 1 fully saturated rings. The fourth-order valence-electron chi connectivity index (χ4n) is 0.906. The smallest absolute Gasteiger partial charge is 0.415 e. The van der Waals surface area contributed by atoms with Gasteiger partial charge >= 0.3 is 12.1 Å². The number of cyclic esters (lactones) is 1. The lowest BCUT2D eigenvalue weighted by Crippen LogP contribution is -2.38. The number of alkyl carbamates (subject to hydrolysis) is 1. The summed E-state index contributed by atoms with van der Waals surface area (Å²) in [6, 6.07) is 0. The van der Waals surface area contributed by atoms with E-state index in [0.717, 1.165) is 0 Å². The van der Waals surface area contributed by atoms with Crippen LogP contribution in [0.2, 0.25) is 0 Å². The van der Waals surface area contributed by atoms with E-state index in [1.54, 1.807) is 0 Å². The van der Waals surface area contributed by atoms with Crippen LogP contribution in [-0.2, 0) is 14.3 Å². The standard InChI is InChI=1S/C6H7NO5/c1-6(2-3(8)9)4(10)7-5(11)12-6/h2H2,1H3,(H,8,9)(H,7,10,11)/t6-/m1/s1. The minimum Gasteiger partial charge on any atom is -0.481 e. The molecule has 1 atom stereocenters. The normalized spacial score (nSPS) is 28.1.